The summed E-state index contributed by atoms with van der Waals surface area (Å²) in [6.45, 7) is 3.48. The van der Waals surface area contributed by atoms with Crippen molar-refractivity contribution in [2.75, 3.05) is 27.2 Å². The van der Waals surface area contributed by atoms with E-state index in [1.165, 1.54) is 12.8 Å². The second-order valence-electron chi connectivity index (χ2n) is 4.84. The fraction of sp³-hybridized carbons (Fsp3) is 0.667. The van der Waals surface area contributed by atoms with Crippen LogP contribution in [0.2, 0.25) is 0 Å². The van der Waals surface area contributed by atoms with E-state index in [4.69, 9.17) is 14.9 Å². The maximum atomic E-state index is 11.1. The molecule has 0 aliphatic heterocycles. The summed E-state index contributed by atoms with van der Waals surface area (Å²) in [5.74, 6) is -2.57. The van der Waals surface area contributed by atoms with E-state index in [0.29, 0.717) is 25.2 Å². The number of carboxylic acid groups (broad SMARTS) is 2. The molecule has 0 radical (unpaired) electrons. The molecule has 7 heteroatoms. The lowest BCUT2D eigenvalue weighted by Gasteiger charge is -2.09. The maximum absolute atomic E-state index is 11.1. The van der Waals surface area contributed by atoms with Crippen molar-refractivity contribution in [3.05, 3.63) is 12.2 Å². The quantitative estimate of drug-likeness (QED) is 0.359. The molecule has 0 spiro atoms. The number of nitrogens with zero attached hydrogens (tertiary/aromatic N) is 1. The summed E-state index contributed by atoms with van der Waals surface area (Å²) in [7, 11) is 3.93. The number of hydrogen-bond donors (Lipinski definition) is 2. The summed E-state index contributed by atoms with van der Waals surface area (Å²) in [6, 6.07) is 0. The first kappa shape index (κ1) is 22.4. The Balaban J connectivity index is 0. The molecule has 0 amide bonds. The summed E-state index contributed by atoms with van der Waals surface area (Å²) in [5.41, 5.74) is 0. The van der Waals surface area contributed by atoms with Crippen LogP contribution in [0.1, 0.15) is 39.0 Å². The van der Waals surface area contributed by atoms with Crippen molar-refractivity contribution in [3.63, 3.8) is 0 Å². The predicted octanol–water partition coefficient (Wildman–Crippen LogP) is 1.77. The van der Waals surface area contributed by atoms with Crippen LogP contribution in [-0.4, -0.2) is 60.3 Å². The molecule has 7 nitrogen and oxygen atoms in total. The molecule has 0 rings (SSSR count). The van der Waals surface area contributed by atoms with E-state index in [2.05, 4.69) is 6.92 Å². The largest absolute Gasteiger partial charge is 0.478 e. The molecule has 0 aromatic rings. The van der Waals surface area contributed by atoms with E-state index in [1.807, 2.05) is 19.0 Å². The van der Waals surface area contributed by atoms with E-state index in [1.54, 1.807) is 0 Å². The van der Waals surface area contributed by atoms with Gasteiger partial charge in [0, 0.05) is 25.1 Å². The van der Waals surface area contributed by atoms with Crippen molar-refractivity contribution >= 4 is 17.9 Å². The van der Waals surface area contributed by atoms with Crippen molar-refractivity contribution in [3.8, 4) is 0 Å². The second-order valence-corrected chi connectivity index (χ2v) is 4.84. The monoisotopic (exact) mass is 317 g/mol. The highest BCUT2D eigenvalue weighted by molar-refractivity contribution is 5.89. The zero-order chi connectivity index (χ0) is 17.4. The average molecular weight is 317 g/mol. The number of hydrogen-bond acceptors (Lipinski definition) is 5. The summed E-state index contributed by atoms with van der Waals surface area (Å²) < 4.78 is 5.05. The van der Waals surface area contributed by atoms with Crippen molar-refractivity contribution < 1.29 is 29.3 Å². The smallest absolute Gasteiger partial charge is 0.328 e. The third kappa shape index (κ3) is 23.2. The van der Waals surface area contributed by atoms with Gasteiger partial charge in [-0.3, -0.25) is 4.79 Å². The molecule has 0 aromatic heterocycles. The average Bonchev–Trinajstić information content (AvgIpc) is 2.42. The SMILES string of the molecule is CCCCCCC(=O)OCCN(C)C.O=C(O)/C=C\C(=O)O. The maximum Gasteiger partial charge on any atom is 0.328 e. The first-order chi connectivity index (χ1) is 10.3. The number of likely N-dealkylation sites (N-methyl/N-ethyl adjacent to an activating group) is 1. The fourth-order valence-electron chi connectivity index (χ4n) is 1.25. The van der Waals surface area contributed by atoms with Crippen molar-refractivity contribution in [2.24, 2.45) is 0 Å². The van der Waals surface area contributed by atoms with Crippen LogP contribution in [0.3, 0.4) is 0 Å². The number of ether oxygens (including phenoxy) is 1. The van der Waals surface area contributed by atoms with Gasteiger partial charge in [-0.2, -0.15) is 0 Å². The molecule has 0 saturated heterocycles. The van der Waals surface area contributed by atoms with E-state index in [0.717, 1.165) is 19.4 Å². The highest BCUT2D eigenvalue weighted by atomic mass is 16.5. The zero-order valence-corrected chi connectivity index (χ0v) is 13.6. The molecule has 22 heavy (non-hydrogen) atoms. The second kappa shape index (κ2) is 15.5. The van der Waals surface area contributed by atoms with Crippen LogP contribution >= 0.6 is 0 Å². The third-order valence-electron chi connectivity index (χ3n) is 2.40. The molecular formula is C15H27NO6. The van der Waals surface area contributed by atoms with Crippen LogP contribution in [0.15, 0.2) is 12.2 Å². The Labute approximate surface area is 131 Å². The Morgan fingerprint density at radius 1 is 1.00 bits per heavy atom. The first-order valence-corrected chi connectivity index (χ1v) is 7.23. The number of esters is 1. The summed E-state index contributed by atoms with van der Waals surface area (Å²) in [5, 5.41) is 15.6. The molecule has 2 N–H and O–H groups in total. The van der Waals surface area contributed by atoms with Crippen LogP contribution in [0.4, 0.5) is 0 Å². The standard InChI is InChI=1S/C11H23NO2.C4H4O4/c1-4-5-6-7-8-11(13)14-10-9-12(2)3;5-3(6)1-2-4(7)8/h4-10H2,1-3H3;1-2H,(H,5,6)(H,7,8)/b;2-1-. The van der Waals surface area contributed by atoms with Gasteiger partial charge in [0.25, 0.3) is 0 Å². The third-order valence-corrected chi connectivity index (χ3v) is 2.40. The van der Waals surface area contributed by atoms with Gasteiger partial charge in [-0.25, -0.2) is 9.59 Å². The van der Waals surface area contributed by atoms with Crippen molar-refractivity contribution in [1.82, 2.24) is 4.90 Å². The Morgan fingerprint density at radius 3 is 1.95 bits per heavy atom. The molecule has 0 saturated carbocycles. The molecule has 0 aliphatic rings. The van der Waals surface area contributed by atoms with Gasteiger partial charge in [-0.05, 0) is 20.5 Å². The number of carboxylic acids is 2. The van der Waals surface area contributed by atoms with Crippen LogP contribution in [0.5, 0.6) is 0 Å². The van der Waals surface area contributed by atoms with Gasteiger partial charge < -0.3 is 19.8 Å². The molecule has 0 bridgehead atoms. The van der Waals surface area contributed by atoms with Crippen LogP contribution in [0, 0.1) is 0 Å². The van der Waals surface area contributed by atoms with Gasteiger partial charge in [0.05, 0.1) is 0 Å². The molecule has 0 aromatic carbocycles. The zero-order valence-electron chi connectivity index (χ0n) is 13.6. The van der Waals surface area contributed by atoms with Gasteiger partial charge in [0.2, 0.25) is 0 Å². The van der Waals surface area contributed by atoms with E-state index < -0.39 is 11.9 Å². The van der Waals surface area contributed by atoms with Gasteiger partial charge >= 0.3 is 17.9 Å². The van der Waals surface area contributed by atoms with Gasteiger partial charge in [-0.1, -0.05) is 26.2 Å². The molecule has 0 atom stereocenters. The Morgan fingerprint density at radius 2 is 1.55 bits per heavy atom. The van der Waals surface area contributed by atoms with Crippen LogP contribution in [-0.2, 0) is 19.1 Å². The Bertz CT molecular complexity index is 336. The predicted molar refractivity (Wildman–Crippen MR) is 82.7 cm³/mol. The van der Waals surface area contributed by atoms with Crippen LogP contribution < -0.4 is 0 Å². The van der Waals surface area contributed by atoms with E-state index in [-0.39, 0.29) is 5.97 Å². The molecule has 128 valence electrons. The van der Waals surface area contributed by atoms with Gasteiger partial charge in [0.1, 0.15) is 6.61 Å². The molecule has 0 unspecified atom stereocenters. The Kier molecular flexibility index (Phi) is 15.8. The number of rotatable bonds is 10. The van der Waals surface area contributed by atoms with Crippen LogP contribution in [0.25, 0.3) is 0 Å². The number of aliphatic carboxylic acids is 2. The lowest BCUT2D eigenvalue weighted by atomic mass is 10.2. The molecule has 0 aliphatic carbocycles. The summed E-state index contributed by atoms with van der Waals surface area (Å²) in [4.78, 5) is 32.3. The number of carbonyl (C=O) groups is 3. The normalized spacial score (nSPS) is 10.2. The minimum absolute atomic E-state index is 0.0528. The Hall–Kier alpha value is -1.89. The first-order valence-electron chi connectivity index (χ1n) is 7.23. The highest BCUT2D eigenvalue weighted by Gasteiger charge is 2.01. The minimum Gasteiger partial charge on any atom is -0.478 e. The fourth-order valence-corrected chi connectivity index (χ4v) is 1.25. The summed E-state index contributed by atoms with van der Waals surface area (Å²) >= 11 is 0. The molecular weight excluding hydrogens is 290 g/mol. The topological polar surface area (TPSA) is 104 Å². The van der Waals surface area contributed by atoms with E-state index >= 15 is 0 Å². The molecule has 0 fully saturated rings. The van der Waals surface area contributed by atoms with Gasteiger partial charge in [-0.15, -0.1) is 0 Å². The van der Waals surface area contributed by atoms with Gasteiger partial charge in [0.15, 0.2) is 0 Å². The van der Waals surface area contributed by atoms with Crippen molar-refractivity contribution in [2.45, 2.75) is 39.0 Å². The van der Waals surface area contributed by atoms with Crippen molar-refractivity contribution in [1.29, 1.82) is 0 Å². The lowest BCUT2D eigenvalue weighted by Crippen LogP contribution is -2.20. The molecule has 0 heterocycles. The number of unbranched alkanes of at least 4 members (excludes halogenated alkanes) is 3. The summed E-state index contributed by atoms with van der Waals surface area (Å²) in [6.07, 6.45) is 6.21. The van der Waals surface area contributed by atoms with E-state index in [9.17, 15) is 14.4 Å². The lowest BCUT2D eigenvalue weighted by molar-refractivity contribution is -0.144. The highest BCUT2D eigenvalue weighted by Crippen LogP contribution is 2.03. The minimum atomic E-state index is -1.26. The number of carbonyl (C=O) groups excluding carboxylic acids is 1.